The van der Waals surface area contributed by atoms with E-state index in [2.05, 4.69) is 20.3 Å². The van der Waals surface area contributed by atoms with Crippen molar-refractivity contribution in [3.05, 3.63) is 72.4 Å². The highest BCUT2D eigenvalue weighted by Crippen LogP contribution is 2.35. The van der Waals surface area contributed by atoms with Crippen molar-refractivity contribution < 1.29 is 17.7 Å². The zero-order valence-corrected chi connectivity index (χ0v) is 15.9. The predicted octanol–water partition coefficient (Wildman–Crippen LogP) is 5.19. The minimum absolute atomic E-state index is 0.100. The maximum absolute atomic E-state index is 12.9. The van der Waals surface area contributed by atoms with Crippen LogP contribution in [0, 0.1) is 0 Å². The van der Waals surface area contributed by atoms with Gasteiger partial charge < -0.3 is 4.52 Å². The van der Waals surface area contributed by atoms with Crippen LogP contribution in [0.15, 0.2) is 70.6 Å². The van der Waals surface area contributed by atoms with Gasteiger partial charge in [-0.25, -0.2) is 0 Å². The van der Waals surface area contributed by atoms with Gasteiger partial charge in [0.2, 0.25) is 11.7 Å². The standard InChI is InChI=1S/C19H14F3N5OS/c1-12(29-18-25-23-11-27(18)15-8-3-2-4-9-15)17-24-16(26-28-17)13-6-5-7-14(10-13)19(20,21)22/h2-12H,1H3/t12-/m0/s1. The molecule has 1 atom stereocenters. The maximum atomic E-state index is 12.9. The summed E-state index contributed by atoms with van der Waals surface area (Å²) < 4.78 is 45.9. The van der Waals surface area contributed by atoms with Crippen molar-refractivity contribution in [1.29, 1.82) is 0 Å². The van der Waals surface area contributed by atoms with Gasteiger partial charge >= 0.3 is 6.18 Å². The topological polar surface area (TPSA) is 69.6 Å². The number of halogens is 3. The number of benzene rings is 2. The average molecular weight is 417 g/mol. The van der Waals surface area contributed by atoms with Gasteiger partial charge in [-0.3, -0.25) is 4.57 Å². The molecule has 0 saturated heterocycles. The highest BCUT2D eigenvalue weighted by Gasteiger charge is 2.31. The summed E-state index contributed by atoms with van der Waals surface area (Å²) in [5.74, 6) is 0.382. The lowest BCUT2D eigenvalue weighted by atomic mass is 10.1. The highest BCUT2D eigenvalue weighted by molar-refractivity contribution is 7.99. The average Bonchev–Trinajstić information content (AvgIpc) is 3.38. The molecule has 0 radical (unpaired) electrons. The largest absolute Gasteiger partial charge is 0.416 e. The van der Waals surface area contributed by atoms with Crippen LogP contribution >= 0.6 is 11.8 Å². The Bertz CT molecular complexity index is 1110. The molecule has 0 aliphatic heterocycles. The molecule has 10 heteroatoms. The summed E-state index contributed by atoms with van der Waals surface area (Å²) in [6, 6.07) is 14.4. The summed E-state index contributed by atoms with van der Waals surface area (Å²) >= 11 is 1.35. The monoisotopic (exact) mass is 417 g/mol. The van der Waals surface area contributed by atoms with Crippen LogP contribution in [0.4, 0.5) is 13.2 Å². The fraction of sp³-hybridized carbons (Fsp3) is 0.158. The lowest BCUT2D eigenvalue weighted by Gasteiger charge is -2.08. The van der Waals surface area contributed by atoms with E-state index in [0.717, 1.165) is 17.8 Å². The van der Waals surface area contributed by atoms with Crippen molar-refractivity contribution >= 4 is 11.8 Å². The number of alkyl halides is 3. The van der Waals surface area contributed by atoms with E-state index in [1.807, 2.05) is 41.8 Å². The number of para-hydroxylation sites is 1. The summed E-state index contributed by atoms with van der Waals surface area (Å²) in [7, 11) is 0. The maximum Gasteiger partial charge on any atom is 0.416 e. The van der Waals surface area contributed by atoms with Crippen LogP contribution < -0.4 is 0 Å². The van der Waals surface area contributed by atoms with E-state index >= 15 is 0 Å². The normalized spacial score (nSPS) is 12.8. The molecule has 2 aromatic heterocycles. The number of rotatable bonds is 5. The number of hydrogen-bond donors (Lipinski definition) is 0. The Morgan fingerprint density at radius 1 is 1.07 bits per heavy atom. The zero-order valence-electron chi connectivity index (χ0n) is 15.0. The van der Waals surface area contributed by atoms with Crippen LogP contribution in [0.5, 0.6) is 0 Å². The molecule has 0 amide bonds. The molecule has 2 heterocycles. The zero-order chi connectivity index (χ0) is 20.4. The van der Waals surface area contributed by atoms with Gasteiger partial charge in [0.1, 0.15) is 6.33 Å². The molecular formula is C19H14F3N5OS. The molecule has 4 rings (SSSR count). The Labute approximate surface area is 167 Å². The van der Waals surface area contributed by atoms with Crippen LogP contribution in [-0.4, -0.2) is 24.9 Å². The third-order valence-electron chi connectivity index (χ3n) is 4.07. The first-order valence-electron chi connectivity index (χ1n) is 8.55. The second-order valence-corrected chi connectivity index (χ2v) is 7.42. The first-order valence-corrected chi connectivity index (χ1v) is 9.43. The van der Waals surface area contributed by atoms with Gasteiger partial charge in [0.15, 0.2) is 5.16 Å². The number of nitrogens with zero attached hydrogens (tertiary/aromatic N) is 5. The van der Waals surface area contributed by atoms with E-state index in [-0.39, 0.29) is 22.5 Å². The van der Waals surface area contributed by atoms with Gasteiger partial charge in [-0.2, -0.15) is 18.2 Å². The Balaban J connectivity index is 1.55. The van der Waals surface area contributed by atoms with Crippen molar-refractivity contribution in [2.75, 3.05) is 0 Å². The molecule has 2 aromatic carbocycles. The van der Waals surface area contributed by atoms with Crippen LogP contribution in [0.25, 0.3) is 17.1 Å². The minimum atomic E-state index is -4.44. The molecule has 4 aromatic rings. The first kappa shape index (κ1) is 19.2. The Hall–Kier alpha value is -3.14. The van der Waals surface area contributed by atoms with Gasteiger partial charge in [-0.05, 0) is 31.2 Å². The third-order valence-corrected chi connectivity index (χ3v) is 5.11. The Kier molecular flexibility index (Phi) is 5.10. The molecule has 0 aliphatic carbocycles. The van der Waals surface area contributed by atoms with Crippen molar-refractivity contribution in [1.82, 2.24) is 24.9 Å². The molecule has 29 heavy (non-hydrogen) atoms. The second-order valence-electron chi connectivity index (χ2n) is 6.11. The van der Waals surface area contributed by atoms with Gasteiger partial charge in [0.05, 0.1) is 10.8 Å². The minimum Gasteiger partial charge on any atom is -0.338 e. The van der Waals surface area contributed by atoms with Crippen LogP contribution in [0.1, 0.15) is 23.6 Å². The second kappa shape index (κ2) is 7.70. The first-order chi connectivity index (χ1) is 13.9. The van der Waals surface area contributed by atoms with E-state index < -0.39 is 11.7 Å². The fourth-order valence-corrected chi connectivity index (χ4v) is 3.50. The van der Waals surface area contributed by atoms with Gasteiger partial charge in [-0.15, -0.1) is 10.2 Å². The van der Waals surface area contributed by atoms with E-state index in [0.29, 0.717) is 5.16 Å². The van der Waals surface area contributed by atoms with Gasteiger partial charge in [-0.1, -0.05) is 47.3 Å². The number of hydrogen-bond acceptors (Lipinski definition) is 6. The van der Waals surface area contributed by atoms with E-state index in [1.165, 1.54) is 23.9 Å². The molecule has 0 bridgehead atoms. The third kappa shape index (κ3) is 4.16. The highest BCUT2D eigenvalue weighted by atomic mass is 32.2. The Morgan fingerprint density at radius 3 is 2.62 bits per heavy atom. The molecule has 0 aliphatic rings. The molecule has 0 unspecified atom stereocenters. The summed E-state index contributed by atoms with van der Waals surface area (Å²) in [6.45, 7) is 1.85. The lowest BCUT2D eigenvalue weighted by Crippen LogP contribution is -2.04. The molecule has 6 nitrogen and oxygen atoms in total. The van der Waals surface area contributed by atoms with E-state index in [4.69, 9.17) is 4.52 Å². The quantitative estimate of drug-likeness (QED) is 0.416. The van der Waals surface area contributed by atoms with Crippen LogP contribution in [0.3, 0.4) is 0 Å². The number of thioether (sulfide) groups is 1. The van der Waals surface area contributed by atoms with Crippen molar-refractivity contribution in [3.63, 3.8) is 0 Å². The van der Waals surface area contributed by atoms with Gasteiger partial charge in [0.25, 0.3) is 0 Å². The summed E-state index contributed by atoms with van der Waals surface area (Å²) in [5.41, 5.74) is 0.376. The summed E-state index contributed by atoms with van der Waals surface area (Å²) in [6.07, 6.45) is -2.83. The van der Waals surface area contributed by atoms with Gasteiger partial charge in [0, 0.05) is 11.3 Å². The molecule has 148 valence electrons. The fourth-order valence-electron chi connectivity index (χ4n) is 2.63. The molecule has 0 fully saturated rings. The van der Waals surface area contributed by atoms with Crippen molar-refractivity contribution in [2.45, 2.75) is 23.5 Å². The predicted molar refractivity (Wildman–Crippen MR) is 100 cm³/mol. The summed E-state index contributed by atoms with van der Waals surface area (Å²) in [5, 5.41) is 12.2. The SMILES string of the molecule is C[C@H](Sc1nncn1-c1ccccc1)c1nc(-c2cccc(C(F)(F)F)c2)no1. The molecule has 0 saturated carbocycles. The molecular weight excluding hydrogens is 403 g/mol. The van der Waals surface area contributed by atoms with Crippen LogP contribution in [-0.2, 0) is 6.18 Å². The number of aromatic nitrogens is 5. The van der Waals surface area contributed by atoms with E-state index in [1.54, 1.807) is 6.33 Å². The Morgan fingerprint density at radius 2 is 1.86 bits per heavy atom. The van der Waals surface area contributed by atoms with E-state index in [9.17, 15) is 13.2 Å². The lowest BCUT2D eigenvalue weighted by molar-refractivity contribution is -0.137. The molecule has 0 spiro atoms. The van der Waals surface area contributed by atoms with Crippen molar-refractivity contribution in [3.8, 4) is 17.1 Å². The smallest absolute Gasteiger partial charge is 0.338 e. The van der Waals surface area contributed by atoms with Crippen molar-refractivity contribution in [2.24, 2.45) is 0 Å². The molecule has 0 N–H and O–H groups in total. The summed E-state index contributed by atoms with van der Waals surface area (Å²) in [4.78, 5) is 4.26. The van der Waals surface area contributed by atoms with Crippen LogP contribution in [0.2, 0.25) is 0 Å².